The van der Waals surface area contributed by atoms with Gasteiger partial charge in [0.2, 0.25) is 11.8 Å². The van der Waals surface area contributed by atoms with Crippen molar-refractivity contribution in [1.29, 1.82) is 0 Å². The summed E-state index contributed by atoms with van der Waals surface area (Å²) in [6.07, 6.45) is 2.53. The van der Waals surface area contributed by atoms with Gasteiger partial charge < -0.3 is 15.1 Å². The van der Waals surface area contributed by atoms with E-state index in [0.29, 0.717) is 6.42 Å². The van der Waals surface area contributed by atoms with Crippen LogP contribution in [0.3, 0.4) is 0 Å². The van der Waals surface area contributed by atoms with Gasteiger partial charge in [0.1, 0.15) is 0 Å². The largest absolute Gasteiger partial charge is 0.354 e. The number of nitrogens with one attached hydrogen (secondary N) is 1. The molecule has 1 N–H and O–H groups in total. The Labute approximate surface area is 162 Å². The van der Waals surface area contributed by atoms with E-state index in [1.807, 2.05) is 49.1 Å². The topological polar surface area (TPSA) is 55.9 Å². The van der Waals surface area contributed by atoms with Gasteiger partial charge in [0, 0.05) is 57.4 Å². The molecule has 0 saturated carbocycles. The van der Waals surface area contributed by atoms with E-state index in [1.54, 1.807) is 0 Å². The third-order valence-corrected chi connectivity index (χ3v) is 5.43. The van der Waals surface area contributed by atoms with Gasteiger partial charge in [0.05, 0.1) is 6.04 Å². The van der Waals surface area contributed by atoms with Crippen LogP contribution in [-0.2, 0) is 9.59 Å². The van der Waals surface area contributed by atoms with Gasteiger partial charge in [-0.05, 0) is 38.8 Å². The lowest BCUT2D eigenvalue weighted by Crippen LogP contribution is -2.58. The highest BCUT2D eigenvalue weighted by molar-refractivity contribution is 5.97. The lowest BCUT2D eigenvalue weighted by atomic mass is 10.0. The molecule has 0 aliphatic carbocycles. The third kappa shape index (κ3) is 5.30. The number of piperazine rings is 1. The van der Waals surface area contributed by atoms with Crippen LogP contribution in [0, 0.1) is 0 Å². The number of benzene rings is 1. The van der Waals surface area contributed by atoms with Crippen molar-refractivity contribution in [3.63, 3.8) is 0 Å². The number of carbonyl (C=O) groups excluding carboxylic acids is 2. The van der Waals surface area contributed by atoms with Gasteiger partial charge >= 0.3 is 0 Å². The summed E-state index contributed by atoms with van der Waals surface area (Å²) in [7, 11) is 0. The summed E-state index contributed by atoms with van der Waals surface area (Å²) in [4.78, 5) is 31.5. The summed E-state index contributed by atoms with van der Waals surface area (Å²) in [6.45, 7) is 9.20. The van der Waals surface area contributed by atoms with Gasteiger partial charge in [-0.2, -0.15) is 0 Å². The predicted octanol–water partition coefficient (Wildman–Crippen LogP) is 1.71. The number of anilines is 1. The maximum absolute atomic E-state index is 13.0. The van der Waals surface area contributed by atoms with Crippen molar-refractivity contribution in [2.45, 2.75) is 45.2 Å². The minimum absolute atomic E-state index is 0.00894. The van der Waals surface area contributed by atoms with E-state index in [1.165, 1.54) is 0 Å². The molecule has 1 aromatic carbocycles. The number of amides is 2. The zero-order valence-corrected chi connectivity index (χ0v) is 16.6. The fraction of sp³-hybridized carbons (Fsp3) is 0.619. The maximum atomic E-state index is 13.0. The lowest BCUT2D eigenvalue weighted by Gasteiger charge is -2.42. The first-order chi connectivity index (χ1) is 13.0. The molecule has 2 amide bonds. The second-order valence-corrected chi connectivity index (χ2v) is 7.83. The highest BCUT2D eigenvalue weighted by Gasteiger charge is 2.35. The molecule has 3 rings (SSSR count). The Morgan fingerprint density at radius 1 is 1.11 bits per heavy atom. The van der Waals surface area contributed by atoms with Gasteiger partial charge in [-0.25, -0.2) is 0 Å². The van der Waals surface area contributed by atoms with Gasteiger partial charge in [-0.3, -0.25) is 14.5 Å². The van der Waals surface area contributed by atoms with Gasteiger partial charge in [0.15, 0.2) is 0 Å². The predicted molar refractivity (Wildman–Crippen MR) is 108 cm³/mol. The number of hydrogen-bond acceptors (Lipinski definition) is 4. The van der Waals surface area contributed by atoms with Crippen LogP contribution in [0.4, 0.5) is 5.69 Å². The monoisotopic (exact) mass is 372 g/mol. The first-order valence-corrected chi connectivity index (χ1v) is 10.2. The summed E-state index contributed by atoms with van der Waals surface area (Å²) < 4.78 is 0. The van der Waals surface area contributed by atoms with Crippen LogP contribution >= 0.6 is 0 Å². The Morgan fingerprint density at radius 2 is 1.81 bits per heavy atom. The van der Waals surface area contributed by atoms with Crippen molar-refractivity contribution in [3.05, 3.63) is 30.3 Å². The molecule has 6 heteroatoms. The highest BCUT2D eigenvalue weighted by atomic mass is 16.2. The van der Waals surface area contributed by atoms with Crippen molar-refractivity contribution in [3.8, 4) is 0 Å². The molecule has 0 unspecified atom stereocenters. The molecule has 148 valence electrons. The molecule has 2 aliphatic heterocycles. The molecule has 2 fully saturated rings. The quantitative estimate of drug-likeness (QED) is 0.826. The van der Waals surface area contributed by atoms with Gasteiger partial charge in [0.25, 0.3) is 0 Å². The van der Waals surface area contributed by atoms with Crippen molar-refractivity contribution >= 4 is 17.5 Å². The second kappa shape index (κ2) is 9.33. The van der Waals surface area contributed by atoms with Crippen LogP contribution < -0.4 is 10.2 Å². The van der Waals surface area contributed by atoms with Crippen molar-refractivity contribution in [2.24, 2.45) is 0 Å². The van der Waals surface area contributed by atoms with Crippen molar-refractivity contribution in [1.82, 2.24) is 15.1 Å². The number of para-hydroxylation sites is 1. The Kier molecular flexibility index (Phi) is 6.85. The molecule has 0 aromatic heterocycles. The molecule has 0 radical (unpaired) electrons. The van der Waals surface area contributed by atoms with Crippen LogP contribution in [0.1, 0.15) is 33.1 Å². The van der Waals surface area contributed by atoms with E-state index in [-0.39, 0.29) is 23.9 Å². The van der Waals surface area contributed by atoms with Gasteiger partial charge in [-0.1, -0.05) is 18.2 Å². The number of piperidine rings is 1. The first-order valence-electron chi connectivity index (χ1n) is 10.2. The summed E-state index contributed by atoms with van der Waals surface area (Å²) in [5.74, 6) is 0.352. The van der Waals surface area contributed by atoms with Crippen molar-refractivity contribution in [2.75, 3.05) is 44.2 Å². The Bertz CT molecular complexity index is 626. The zero-order valence-electron chi connectivity index (χ0n) is 16.6. The average molecular weight is 373 g/mol. The molecule has 2 heterocycles. The lowest BCUT2D eigenvalue weighted by molar-refractivity contribution is -0.126. The van der Waals surface area contributed by atoms with Crippen molar-refractivity contribution < 1.29 is 9.59 Å². The standard InChI is InChI=1S/C21H32N4O2/c1-17(2)22-20(26)10-12-23-13-15-24(16-14-23)19-9-6-11-25(21(19)27)18-7-4-3-5-8-18/h3-5,7-8,17,19H,6,9-16H2,1-2H3,(H,22,26)/t19-/m1/s1. The summed E-state index contributed by atoms with van der Waals surface area (Å²) in [5, 5.41) is 2.94. The fourth-order valence-electron chi connectivity index (χ4n) is 4.01. The fourth-order valence-corrected chi connectivity index (χ4v) is 4.01. The van der Waals surface area contributed by atoms with E-state index in [0.717, 1.165) is 57.8 Å². The number of nitrogens with zero attached hydrogens (tertiary/aromatic N) is 3. The van der Waals surface area contributed by atoms with Crippen LogP contribution in [0.2, 0.25) is 0 Å². The van der Waals surface area contributed by atoms with Crippen LogP contribution in [0.5, 0.6) is 0 Å². The smallest absolute Gasteiger partial charge is 0.244 e. The first kappa shape index (κ1) is 19.8. The maximum Gasteiger partial charge on any atom is 0.244 e. The summed E-state index contributed by atoms with van der Waals surface area (Å²) in [5.41, 5.74) is 1.00. The van der Waals surface area contributed by atoms with E-state index in [9.17, 15) is 9.59 Å². The molecule has 0 bridgehead atoms. The minimum atomic E-state index is -0.00894. The van der Waals surface area contributed by atoms with Gasteiger partial charge in [-0.15, -0.1) is 0 Å². The summed E-state index contributed by atoms with van der Waals surface area (Å²) in [6, 6.07) is 10.2. The Balaban J connectivity index is 1.49. The second-order valence-electron chi connectivity index (χ2n) is 7.83. The molecule has 1 atom stereocenters. The SMILES string of the molecule is CC(C)NC(=O)CCN1CCN([C@@H]2CCCN(c3ccccc3)C2=O)CC1. The van der Waals surface area contributed by atoms with E-state index in [2.05, 4.69) is 15.1 Å². The molecule has 6 nitrogen and oxygen atoms in total. The molecule has 27 heavy (non-hydrogen) atoms. The molecular weight excluding hydrogens is 340 g/mol. The summed E-state index contributed by atoms with van der Waals surface area (Å²) >= 11 is 0. The van der Waals surface area contributed by atoms with E-state index < -0.39 is 0 Å². The molecule has 1 aromatic rings. The number of hydrogen-bond donors (Lipinski definition) is 1. The van der Waals surface area contributed by atoms with E-state index in [4.69, 9.17) is 0 Å². The van der Waals surface area contributed by atoms with E-state index >= 15 is 0 Å². The Hall–Kier alpha value is -1.92. The van der Waals surface area contributed by atoms with Crippen LogP contribution in [0.15, 0.2) is 30.3 Å². The normalized spacial score (nSPS) is 22.3. The van der Waals surface area contributed by atoms with Crippen LogP contribution in [-0.4, -0.2) is 73.0 Å². The molecule has 2 saturated heterocycles. The Morgan fingerprint density at radius 3 is 2.48 bits per heavy atom. The molecule has 2 aliphatic rings. The number of rotatable bonds is 6. The van der Waals surface area contributed by atoms with Crippen LogP contribution in [0.25, 0.3) is 0 Å². The molecular formula is C21H32N4O2. The average Bonchev–Trinajstić information content (AvgIpc) is 2.67. The molecule has 0 spiro atoms. The highest BCUT2D eigenvalue weighted by Crippen LogP contribution is 2.24. The number of carbonyl (C=O) groups is 2. The third-order valence-electron chi connectivity index (χ3n) is 5.43. The zero-order chi connectivity index (χ0) is 19.2. The minimum Gasteiger partial charge on any atom is -0.354 e.